The molecule has 0 heterocycles. The van der Waals surface area contributed by atoms with E-state index in [1.807, 2.05) is 0 Å². The van der Waals surface area contributed by atoms with Crippen LogP contribution in [0.1, 0.15) is 6.42 Å². The third-order valence-corrected chi connectivity index (χ3v) is 2.31. The molecule has 0 rings (SSSR count). The van der Waals surface area contributed by atoms with Crippen molar-refractivity contribution in [3.63, 3.8) is 0 Å². The molecule has 2 N–H and O–H groups in total. The van der Waals surface area contributed by atoms with Gasteiger partial charge in [-0.1, -0.05) is 0 Å². The first-order valence-corrected chi connectivity index (χ1v) is 5.29. The van der Waals surface area contributed by atoms with E-state index in [1.165, 1.54) is 24.2 Å². The first-order chi connectivity index (χ1) is 8.33. The van der Waals surface area contributed by atoms with Crippen molar-refractivity contribution in [2.75, 3.05) is 34.8 Å². The number of ether oxygens (including phenoxy) is 1. The third-order valence-electron chi connectivity index (χ3n) is 2.31. The molecule has 0 aromatic heterocycles. The van der Waals surface area contributed by atoms with E-state index in [0.29, 0.717) is 0 Å². The molecule has 1 unspecified atom stereocenters. The Morgan fingerprint density at radius 1 is 1.33 bits per heavy atom. The molecule has 0 aromatic rings. The number of carboxylic acid groups (broad SMARTS) is 1. The highest BCUT2D eigenvalue weighted by Gasteiger charge is 2.27. The summed E-state index contributed by atoms with van der Waals surface area (Å²) in [6.07, 6.45) is -0.285. The van der Waals surface area contributed by atoms with E-state index >= 15 is 0 Å². The number of aliphatic carboxylic acids is 1. The molecule has 0 spiro atoms. The molecule has 0 aromatic carbocycles. The van der Waals surface area contributed by atoms with Gasteiger partial charge in [0.05, 0.1) is 26.0 Å². The topological polar surface area (TPSA) is 99.2 Å². The van der Waals surface area contributed by atoms with Gasteiger partial charge in [0.2, 0.25) is 0 Å². The fourth-order valence-corrected chi connectivity index (χ4v) is 1.28. The van der Waals surface area contributed by atoms with Crippen molar-refractivity contribution < 1.29 is 24.2 Å². The second-order valence-corrected chi connectivity index (χ2v) is 3.80. The minimum Gasteiger partial charge on any atom is -0.481 e. The van der Waals surface area contributed by atoms with Gasteiger partial charge >= 0.3 is 18.0 Å². The highest BCUT2D eigenvalue weighted by atomic mass is 16.5. The lowest BCUT2D eigenvalue weighted by atomic mass is 10.1. The Morgan fingerprint density at radius 3 is 2.22 bits per heavy atom. The van der Waals surface area contributed by atoms with Crippen molar-refractivity contribution >= 4 is 18.0 Å². The Morgan fingerprint density at radius 2 is 1.89 bits per heavy atom. The zero-order chi connectivity index (χ0) is 14.3. The third kappa shape index (κ3) is 5.00. The van der Waals surface area contributed by atoms with Crippen LogP contribution in [0.3, 0.4) is 0 Å². The number of urea groups is 1. The summed E-state index contributed by atoms with van der Waals surface area (Å²) < 4.78 is 4.42. The summed E-state index contributed by atoms with van der Waals surface area (Å²) in [5, 5.41) is 14.1. The van der Waals surface area contributed by atoms with Crippen molar-refractivity contribution in [1.82, 2.24) is 15.3 Å². The van der Waals surface area contributed by atoms with E-state index < -0.39 is 23.9 Å². The maximum atomic E-state index is 11.5. The quantitative estimate of drug-likeness (QED) is 0.488. The number of nitrogens with one attached hydrogen (secondary N) is 1. The van der Waals surface area contributed by atoms with Crippen LogP contribution < -0.4 is 5.32 Å². The average Bonchev–Trinajstić information content (AvgIpc) is 2.32. The molecule has 104 valence electrons. The van der Waals surface area contributed by atoms with Crippen molar-refractivity contribution in [3.05, 3.63) is 0 Å². The molecule has 1 atom stereocenters. The molecule has 2 amide bonds. The van der Waals surface area contributed by atoms with Crippen LogP contribution in [-0.2, 0) is 14.3 Å². The zero-order valence-corrected chi connectivity index (χ0v) is 11.0. The van der Waals surface area contributed by atoms with Crippen LogP contribution in [0.15, 0.2) is 0 Å². The number of hydrazine groups is 1. The predicted octanol–water partition coefficient (Wildman–Crippen LogP) is -0.632. The van der Waals surface area contributed by atoms with Crippen LogP contribution in [0.4, 0.5) is 4.79 Å². The molecule has 0 aliphatic carbocycles. The van der Waals surface area contributed by atoms with Crippen LogP contribution in [0.5, 0.6) is 0 Å². The summed E-state index contributed by atoms with van der Waals surface area (Å²) in [6, 6.07) is -0.448. The van der Waals surface area contributed by atoms with Gasteiger partial charge in [-0.2, -0.15) is 0 Å². The highest BCUT2D eigenvalue weighted by molar-refractivity contribution is 5.80. The minimum absolute atomic E-state index is 0.114. The summed E-state index contributed by atoms with van der Waals surface area (Å²) in [5.74, 6) is -2.80. The van der Waals surface area contributed by atoms with Gasteiger partial charge in [-0.15, -0.1) is 0 Å². The maximum Gasteiger partial charge on any atom is 0.331 e. The van der Waals surface area contributed by atoms with Gasteiger partial charge in [0.25, 0.3) is 0 Å². The number of carbonyl (C=O) groups is 3. The van der Waals surface area contributed by atoms with Gasteiger partial charge in [0.15, 0.2) is 0 Å². The van der Waals surface area contributed by atoms with Crippen LogP contribution in [0.2, 0.25) is 0 Å². The number of hydrogen-bond acceptors (Lipinski definition) is 5. The van der Waals surface area contributed by atoms with Gasteiger partial charge in [0, 0.05) is 21.1 Å². The first-order valence-electron chi connectivity index (χ1n) is 5.29. The number of carboxylic acids is 1. The summed E-state index contributed by atoms with van der Waals surface area (Å²) in [4.78, 5) is 33.7. The number of nitrogens with zero attached hydrogens (tertiary/aromatic N) is 2. The Hall–Kier alpha value is -1.83. The summed E-state index contributed by atoms with van der Waals surface area (Å²) >= 11 is 0. The minimum atomic E-state index is -1.16. The zero-order valence-electron chi connectivity index (χ0n) is 11.0. The Kier molecular flexibility index (Phi) is 6.73. The van der Waals surface area contributed by atoms with Crippen LogP contribution in [-0.4, -0.2) is 67.9 Å². The summed E-state index contributed by atoms with van der Waals surface area (Å²) in [5.41, 5.74) is 0. The monoisotopic (exact) mass is 261 g/mol. The Bertz CT molecular complexity index is 319. The van der Waals surface area contributed by atoms with Gasteiger partial charge < -0.3 is 15.2 Å². The van der Waals surface area contributed by atoms with Crippen LogP contribution in [0, 0.1) is 5.92 Å². The Balaban J connectivity index is 4.77. The fraction of sp³-hybridized carbons (Fsp3) is 0.700. The smallest absolute Gasteiger partial charge is 0.331 e. The lowest BCUT2D eigenvalue weighted by Crippen LogP contribution is -2.49. The molecular formula is C10H19N3O5. The number of amides is 2. The van der Waals surface area contributed by atoms with Crippen molar-refractivity contribution in [2.24, 2.45) is 5.92 Å². The van der Waals surface area contributed by atoms with Crippen molar-refractivity contribution in [3.8, 4) is 0 Å². The molecule has 0 saturated heterocycles. The van der Waals surface area contributed by atoms with E-state index in [-0.39, 0.29) is 13.0 Å². The summed E-state index contributed by atoms with van der Waals surface area (Å²) in [7, 11) is 5.83. The van der Waals surface area contributed by atoms with Gasteiger partial charge in [-0.3, -0.25) is 14.6 Å². The molecular weight excluding hydrogens is 242 g/mol. The van der Waals surface area contributed by atoms with Crippen molar-refractivity contribution in [2.45, 2.75) is 6.42 Å². The van der Waals surface area contributed by atoms with Gasteiger partial charge in [0.1, 0.15) is 0 Å². The molecule has 0 saturated carbocycles. The molecule has 0 aliphatic heterocycles. The average molecular weight is 261 g/mol. The van der Waals surface area contributed by atoms with E-state index in [0.717, 1.165) is 0 Å². The molecule has 8 nitrogen and oxygen atoms in total. The van der Waals surface area contributed by atoms with E-state index in [9.17, 15) is 14.4 Å². The molecule has 0 fully saturated rings. The molecule has 18 heavy (non-hydrogen) atoms. The van der Waals surface area contributed by atoms with E-state index in [2.05, 4.69) is 10.1 Å². The normalized spacial score (nSPS) is 11.8. The van der Waals surface area contributed by atoms with Crippen LogP contribution in [0.25, 0.3) is 0 Å². The molecule has 0 bridgehead atoms. The number of esters is 1. The number of carbonyl (C=O) groups excluding carboxylic acids is 2. The lowest BCUT2D eigenvalue weighted by Gasteiger charge is -2.30. The predicted molar refractivity (Wildman–Crippen MR) is 62.6 cm³/mol. The second kappa shape index (κ2) is 7.49. The molecule has 8 heteroatoms. The number of methoxy groups -OCH3 is 1. The van der Waals surface area contributed by atoms with E-state index in [1.54, 1.807) is 14.1 Å². The molecule has 0 aliphatic rings. The van der Waals surface area contributed by atoms with Gasteiger partial charge in [-0.05, 0) is 0 Å². The Labute approximate surface area is 105 Å². The SMILES string of the molecule is CNC(=O)N(CC(CC(=O)OC)C(=O)O)N(C)C. The summed E-state index contributed by atoms with van der Waals surface area (Å²) in [6.45, 7) is -0.114. The number of rotatable bonds is 6. The van der Waals surface area contributed by atoms with Gasteiger partial charge in [-0.25, -0.2) is 9.80 Å². The van der Waals surface area contributed by atoms with E-state index in [4.69, 9.17) is 5.11 Å². The second-order valence-electron chi connectivity index (χ2n) is 3.80. The number of hydrogen-bond donors (Lipinski definition) is 2. The first kappa shape index (κ1) is 16.2. The van der Waals surface area contributed by atoms with Crippen molar-refractivity contribution in [1.29, 1.82) is 0 Å². The largest absolute Gasteiger partial charge is 0.481 e. The fourth-order valence-electron chi connectivity index (χ4n) is 1.28. The highest BCUT2D eigenvalue weighted by Crippen LogP contribution is 2.09. The maximum absolute atomic E-state index is 11.5. The molecule has 0 radical (unpaired) electrons. The van der Waals surface area contributed by atoms with Crippen LogP contribution >= 0.6 is 0 Å². The standard InChI is InChI=1S/C10H19N3O5/c1-11-10(17)13(12(2)3)6-7(9(15)16)5-8(14)18-4/h7H,5-6H2,1-4H3,(H,11,17)(H,15,16). The lowest BCUT2D eigenvalue weighted by molar-refractivity contribution is -0.151.